The Bertz CT molecular complexity index is 971. The molecule has 0 atom stereocenters. The molecule has 0 radical (unpaired) electrons. The number of aryl methyl sites for hydroxylation is 1. The molecule has 4 nitrogen and oxygen atoms in total. The van der Waals surface area contributed by atoms with Crippen LogP contribution in [0.15, 0.2) is 48.5 Å². The molecule has 0 saturated heterocycles. The van der Waals surface area contributed by atoms with Gasteiger partial charge in [0.25, 0.3) is 0 Å². The van der Waals surface area contributed by atoms with Gasteiger partial charge in [-0.15, -0.1) is 0 Å². The maximum atomic E-state index is 13.0. The molecule has 0 unspecified atom stereocenters. The summed E-state index contributed by atoms with van der Waals surface area (Å²) in [6.07, 6.45) is 2.88. The van der Waals surface area contributed by atoms with E-state index in [-0.39, 0.29) is 12.5 Å². The molecule has 126 valence electrons. The number of carbonyl (C=O) groups is 2. The third-order valence-electron chi connectivity index (χ3n) is 5.10. The average Bonchev–Trinajstić information content (AvgIpc) is 2.92. The molecule has 2 aromatic carbocycles. The van der Waals surface area contributed by atoms with Crippen LogP contribution in [0.5, 0.6) is 0 Å². The number of anilines is 1. The summed E-state index contributed by atoms with van der Waals surface area (Å²) in [5.74, 6) is 0.0634. The third-order valence-corrected chi connectivity index (χ3v) is 5.10. The number of para-hydroxylation sites is 2. The summed E-state index contributed by atoms with van der Waals surface area (Å²) >= 11 is 0. The van der Waals surface area contributed by atoms with Gasteiger partial charge in [-0.1, -0.05) is 36.4 Å². The molecule has 0 fully saturated rings. The normalized spacial score (nSPS) is 13.7. The molecule has 0 spiro atoms. The van der Waals surface area contributed by atoms with Crippen LogP contribution in [-0.4, -0.2) is 23.3 Å². The SMILES string of the molecule is Cc1c(C=O)c2ccccc2n1CC(=O)N1CCCc2ccccc21. The molecule has 0 bridgehead atoms. The summed E-state index contributed by atoms with van der Waals surface area (Å²) < 4.78 is 1.96. The van der Waals surface area contributed by atoms with Crippen molar-refractivity contribution in [1.29, 1.82) is 0 Å². The first-order chi connectivity index (χ1) is 12.2. The Kier molecular flexibility index (Phi) is 3.88. The predicted octanol–water partition coefficient (Wildman–Crippen LogP) is 3.74. The van der Waals surface area contributed by atoms with Crippen LogP contribution in [0.2, 0.25) is 0 Å². The van der Waals surface area contributed by atoms with Gasteiger partial charge in [-0.05, 0) is 37.5 Å². The van der Waals surface area contributed by atoms with Crippen LogP contribution in [-0.2, 0) is 17.8 Å². The summed E-state index contributed by atoms with van der Waals surface area (Å²) in [5, 5.41) is 0.904. The van der Waals surface area contributed by atoms with Crippen LogP contribution < -0.4 is 4.90 Å². The molecule has 2 heterocycles. The second-order valence-corrected chi connectivity index (χ2v) is 6.50. The van der Waals surface area contributed by atoms with Crippen molar-refractivity contribution in [3.8, 4) is 0 Å². The minimum absolute atomic E-state index is 0.0634. The zero-order valence-electron chi connectivity index (χ0n) is 14.2. The monoisotopic (exact) mass is 332 g/mol. The van der Waals surface area contributed by atoms with Gasteiger partial charge in [-0.25, -0.2) is 0 Å². The number of carbonyl (C=O) groups excluding carboxylic acids is 2. The highest BCUT2D eigenvalue weighted by atomic mass is 16.2. The van der Waals surface area contributed by atoms with Crippen LogP contribution in [0.4, 0.5) is 5.69 Å². The van der Waals surface area contributed by atoms with Crippen molar-refractivity contribution < 1.29 is 9.59 Å². The highest BCUT2D eigenvalue weighted by Gasteiger charge is 2.24. The molecule has 25 heavy (non-hydrogen) atoms. The van der Waals surface area contributed by atoms with Gasteiger partial charge >= 0.3 is 0 Å². The highest BCUT2D eigenvalue weighted by molar-refractivity contribution is 6.01. The summed E-state index contributed by atoms with van der Waals surface area (Å²) in [4.78, 5) is 26.4. The largest absolute Gasteiger partial charge is 0.335 e. The minimum Gasteiger partial charge on any atom is -0.335 e. The molecule has 4 rings (SSSR count). The molecule has 1 aliphatic rings. The lowest BCUT2D eigenvalue weighted by molar-refractivity contribution is -0.119. The quantitative estimate of drug-likeness (QED) is 0.686. The zero-order valence-corrected chi connectivity index (χ0v) is 14.2. The van der Waals surface area contributed by atoms with Crippen molar-refractivity contribution in [1.82, 2.24) is 4.57 Å². The molecular weight excluding hydrogens is 312 g/mol. The van der Waals surface area contributed by atoms with Gasteiger partial charge in [0.2, 0.25) is 5.91 Å². The number of aldehydes is 1. The van der Waals surface area contributed by atoms with Crippen molar-refractivity contribution in [3.63, 3.8) is 0 Å². The van der Waals surface area contributed by atoms with Crippen LogP contribution in [0.3, 0.4) is 0 Å². The fraction of sp³-hybridized carbons (Fsp3) is 0.238. The topological polar surface area (TPSA) is 42.3 Å². The number of hydrogen-bond donors (Lipinski definition) is 0. The van der Waals surface area contributed by atoms with E-state index in [0.29, 0.717) is 5.56 Å². The number of fused-ring (bicyclic) bond motifs is 2. The Morgan fingerprint density at radius 2 is 1.88 bits per heavy atom. The van der Waals surface area contributed by atoms with Crippen molar-refractivity contribution in [2.24, 2.45) is 0 Å². The standard InChI is InChI=1S/C21H20N2O2/c1-15-18(14-24)17-9-3-5-11-20(17)23(15)13-21(25)22-12-6-8-16-7-2-4-10-19(16)22/h2-5,7,9-11,14H,6,8,12-13H2,1H3. The van der Waals surface area contributed by atoms with E-state index in [0.717, 1.165) is 48.0 Å². The Balaban J connectivity index is 1.72. The summed E-state index contributed by atoms with van der Waals surface area (Å²) in [7, 11) is 0. The van der Waals surface area contributed by atoms with Gasteiger partial charge in [-0.2, -0.15) is 0 Å². The van der Waals surface area contributed by atoms with Gasteiger partial charge < -0.3 is 9.47 Å². The van der Waals surface area contributed by atoms with E-state index in [1.807, 2.05) is 58.9 Å². The molecule has 0 N–H and O–H groups in total. The summed E-state index contributed by atoms with van der Waals surface area (Å²) in [6.45, 7) is 2.89. The van der Waals surface area contributed by atoms with E-state index in [4.69, 9.17) is 0 Å². The van der Waals surface area contributed by atoms with Crippen LogP contribution in [0, 0.1) is 6.92 Å². The fourth-order valence-electron chi connectivity index (χ4n) is 3.82. The Morgan fingerprint density at radius 1 is 1.12 bits per heavy atom. The average molecular weight is 332 g/mol. The Morgan fingerprint density at radius 3 is 2.72 bits per heavy atom. The number of aromatic nitrogens is 1. The fourth-order valence-corrected chi connectivity index (χ4v) is 3.82. The molecule has 0 aliphatic carbocycles. The first kappa shape index (κ1) is 15.6. The Hall–Kier alpha value is -2.88. The molecule has 1 aromatic heterocycles. The number of benzene rings is 2. The zero-order chi connectivity index (χ0) is 17.4. The van der Waals surface area contributed by atoms with E-state index in [1.54, 1.807) is 0 Å². The first-order valence-corrected chi connectivity index (χ1v) is 8.62. The third kappa shape index (κ3) is 2.54. The van der Waals surface area contributed by atoms with E-state index >= 15 is 0 Å². The first-order valence-electron chi connectivity index (χ1n) is 8.62. The lowest BCUT2D eigenvalue weighted by atomic mass is 10.0. The minimum atomic E-state index is 0.0634. The Labute approximate surface area is 146 Å². The van der Waals surface area contributed by atoms with Gasteiger partial charge in [0.1, 0.15) is 6.54 Å². The van der Waals surface area contributed by atoms with Gasteiger partial charge in [0.05, 0.1) is 0 Å². The lowest BCUT2D eigenvalue weighted by Crippen LogP contribution is -2.37. The van der Waals surface area contributed by atoms with E-state index in [9.17, 15) is 9.59 Å². The van der Waals surface area contributed by atoms with Crippen LogP contribution >= 0.6 is 0 Å². The second-order valence-electron chi connectivity index (χ2n) is 6.50. The number of nitrogens with zero attached hydrogens (tertiary/aromatic N) is 2. The van der Waals surface area contributed by atoms with E-state index < -0.39 is 0 Å². The van der Waals surface area contributed by atoms with Crippen LogP contribution in [0.1, 0.15) is 28.0 Å². The molecular formula is C21H20N2O2. The molecule has 1 aliphatic heterocycles. The summed E-state index contributed by atoms with van der Waals surface area (Å²) in [6, 6.07) is 15.9. The van der Waals surface area contributed by atoms with Gasteiger partial charge in [-0.3, -0.25) is 9.59 Å². The van der Waals surface area contributed by atoms with E-state index in [1.165, 1.54) is 5.56 Å². The predicted molar refractivity (Wildman–Crippen MR) is 99.2 cm³/mol. The van der Waals surface area contributed by atoms with E-state index in [2.05, 4.69) is 6.07 Å². The van der Waals surface area contributed by atoms with Crippen LogP contribution in [0.25, 0.3) is 10.9 Å². The number of amides is 1. The number of hydrogen-bond acceptors (Lipinski definition) is 2. The maximum absolute atomic E-state index is 13.0. The van der Waals surface area contributed by atoms with Gasteiger partial charge in [0.15, 0.2) is 6.29 Å². The molecule has 3 aromatic rings. The second kappa shape index (κ2) is 6.20. The van der Waals surface area contributed by atoms with Gasteiger partial charge in [0, 0.05) is 34.4 Å². The van der Waals surface area contributed by atoms with Crippen molar-refractivity contribution >= 4 is 28.8 Å². The molecule has 0 saturated carbocycles. The highest BCUT2D eigenvalue weighted by Crippen LogP contribution is 2.28. The smallest absolute Gasteiger partial charge is 0.246 e. The molecule has 1 amide bonds. The number of rotatable bonds is 3. The lowest BCUT2D eigenvalue weighted by Gasteiger charge is -2.30. The van der Waals surface area contributed by atoms with Crippen molar-refractivity contribution in [2.45, 2.75) is 26.3 Å². The summed E-state index contributed by atoms with van der Waals surface area (Å²) in [5.41, 5.74) is 4.69. The molecule has 4 heteroatoms. The van der Waals surface area contributed by atoms with Crippen molar-refractivity contribution in [3.05, 3.63) is 65.4 Å². The maximum Gasteiger partial charge on any atom is 0.246 e. The van der Waals surface area contributed by atoms with Crippen molar-refractivity contribution in [2.75, 3.05) is 11.4 Å².